The zero-order valence-corrected chi connectivity index (χ0v) is 14.9. The van der Waals surface area contributed by atoms with E-state index in [0.29, 0.717) is 13.1 Å². The van der Waals surface area contributed by atoms with E-state index < -0.39 is 31.1 Å². The number of aliphatic hydroxyl groups excluding tert-OH is 2. The lowest BCUT2D eigenvalue weighted by Gasteiger charge is -1.98. The van der Waals surface area contributed by atoms with Gasteiger partial charge in [-0.25, -0.2) is 36.2 Å². The highest BCUT2D eigenvalue weighted by molar-refractivity contribution is 7.90. The van der Waals surface area contributed by atoms with Crippen molar-refractivity contribution in [1.29, 1.82) is 0 Å². The molecule has 10 nitrogen and oxygen atoms in total. The van der Waals surface area contributed by atoms with Gasteiger partial charge in [0.05, 0.1) is 13.2 Å². The van der Waals surface area contributed by atoms with Gasteiger partial charge in [0, 0.05) is 0 Å². The van der Waals surface area contributed by atoms with Gasteiger partial charge < -0.3 is 10.2 Å². The van der Waals surface area contributed by atoms with Crippen molar-refractivity contribution in [3.63, 3.8) is 0 Å². The summed E-state index contributed by atoms with van der Waals surface area (Å²) in [6.07, 6.45) is 5.59. The number of alkyl halides is 6. The first-order chi connectivity index (χ1) is 11.9. The highest BCUT2D eigenvalue weighted by Gasteiger charge is 2.43. The predicted octanol–water partition coefficient (Wildman–Crippen LogP) is -1.65. The first-order valence-electron chi connectivity index (χ1n) is 6.31. The lowest BCUT2D eigenvalue weighted by atomic mass is 10.7. The first-order valence-corrected chi connectivity index (χ1v) is 9.40. The lowest BCUT2D eigenvalue weighted by Crippen LogP contribution is -2.32. The average Bonchev–Trinajstić information content (AvgIpc) is 2.84. The molecule has 1 heterocycles. The van der Waals surface area contributed by atoms with E-state index in [1.165, 1.54) is 0 Å². The van der Waals surface area contributed by atoms with Crippen LogP contribution in [0.2, 0.25) is 0 Å². The third kappa shape index (κ3) is 12.5. The summed E-state index contributed by atoms with van der Waals surface area (Å²) < 4.78 is 106. The molecule has 0 spiro atoms. The molecule has 0 aromatic carbocycles. The Morgan fingerprint density at radius 1 is 0.889 bits per heavy atom. The Bertz CT molecular complexity index is 696. The summed E-state index contributed by atoms with van der Waals surface area (Å²) in [5, 5.41) is 24.5. The molecule has 0 aliphatic carbocycles. The Morgan fingerprint density at radius 3 is 1.52 bits per heavy atom. The first kappa shape index (κ1) is 27.7. The van der Waals surface area contributed by atoms with Crippen molar-refractivity contribution in [2.24, 2.45) is 10.3 Å². The fourth-order valence-electron chi connectivity index (χ4n) is 0.934. The van der Waals surface area contributed by atoms with E-state index in [4.69, 9.17) is 10.2 Å². The molecule has 0 saturated carbocycles. The van der Waals surface area contributed by atoms with Crippen LogP contribution in [0, 0.1) is 0 Å². The molecule has 0 aliphatic rings. The molecule has 162 valence electrons. The van der Waals surface area contributed by atoms with Gasteiger partial charge in [-0.3, -0.25) is 0 Å². The van der Waals surface area contributed by atoms with Crippen LogP contribution in [0.3, 0.4) is 0 Å². The predicted molar refractivity (Wildman–Crippen MR) is 77.1 cm³/mol. The van der Waals surface area contributed by atoms with Crippen molar-refractivity contribution in [1.82, 2.24) is 4.57 Å². The van der Waals surface area contributed by atoms with Crippen LogP contribution in [0.1, 0.15) is 0 Å². The van der Waals surface area contributed by atoms with E-state index in [1.54, 1.807) is 0 Å². The number of sulfonamides is 2. The van der Waals surface area contributed by atoms with Gasteiger partial charge in [0.2, 0.25) is 6.33 Å². The molecule has 0 unspecified atom stereocenters. The summed E-state index contributed by atoms with van der Waals surface area (Å²) in [5.41, 5.74) is -10.6. The minimum atomic E-state index is -5.34. The van der Waals surface area contributed by atoms with Crippen LogP contribution in [-0.2, 0) is 33.1 Å². The molecule has 1 rings (SSSR count). The van der Waals surface area contributed by atoms with Gasteiger partial charge in [-0.15, -0.1) is 0 Å². The Balaban J connectivity index is 0. The Hall–Kier alpha value is -1.47. The van der Waals surface area contributed by atoms with E-state index in [0.717, 1.165) is 0 Å². The maximum Gasteiger partial charge on any atom is 0.511 e. The van der Waals surface area contributed by atoms with E-state index >= 15 is 0 Å². The molecule has 1 aromatic rings. The van der Waals surface area contributed by atoms with Crippen molar-refractivity contribution < 1.29 is 58.0 Å². The van der Waals surface area contributed by atoms with Crippen LogP contribution in [-0.4, -0.2) is 55.8 Å². The van der Waals surface area contributed by atoms with Crippen molar-refractivity contribution in [3.05, 3.63) is 18.7 Å². The summed E-state index contributed by atoms with van der Waals surface area (Å²) >= 11 is 0. The standard InChI is InChI=1S/C7H13N2O2.2CH2F3NO2S/c10-5-3-8-1-2-9(7-8)4-6-11;2*2-1(3,4)8(5,6)7/h1-2,7,10-11H,3-6H2;2*(H2,5,6,7)/q+1;;. The number of nitrogens with zero attached hydrogens (tertiary/aromatic N) is 2. The largest absolute Gasteiger partial charge is 0.511 e. The number of aromatic nitrogens is 2. The summed E-state index contributed by atoms with van der Waals surface area (Å²) in [6, 6.07) is 0. The van der Waals surface area contributed by atoms with Crippen LogP contribution in [0.15, 0.2) is 18.7 Å². The SMILES string of the molecule is NS(=O)(=O)C(F)(F)F.NS(=O)(=O)C(F)(F)F.OCCn1cc[n+](CCO)c1. The summed E-state index contributed by atoms with van der Waals surface area (Å²) in [6.45, 7) is 1.51. The number of halogens is 6. The van der Waals surface area contributed by atoms with Crippen LogP contribution >= 0.6 is 0 Å². The third-order valence-electron chi connectivity index (χ3n) is 2.11. The van der Waals surface area contributed by atoms with Crippen molar-refractivity contribution in [2.45, 2.75) is 24.1 Å². The maximum absolute atomic E-state index is 10.8. The van der Waals surface area contributed by atoms with Gasteiger partial charge >= 0.3 is 31.1 Å². The molecule has 0 bridgehead atoms. The van der Waals surface area contributed by atoms with Gasteiger partial charge in [0.25, 0.3) is 0 Å². The number of primary sulfonamides is 2. The molecule has 1 aromatic heterocycles. The van der Waals surface area contributed by atoms with Crippen LogP contribution in [0.5, 0.6) is 0 Å². The summed E-state index contributed by atoms with van der Waals surface area (Å²) in [5.74, 6) is 0. The van der Waals surface area contributed by atoms with E-state index in [9.17, 15) is 43.2 Å². The van der Waals surface area contributed by atoms with Crippen LogP contribution in [0.25, 0.3) is 0 Å². The molecule has 18 heteroatoms. The zero-order valence-electron chi connectivity index (χ0n) is 13.2. The minimum absolute atomic E-state index is 0.147. The van der Waals surface area contributed by atoms with E-state index in [1.807, 2.05) is 27.9 Å². The smallest absolute Gasteiger partial charge is 0.392 e. The zero-order chi connectivity index (χ0) is 22.1. The highest BCUT2D eigenvalue weighted by Crippen LogP contribution is 2.19. The van der Waals surface area contributed by atoms with Crippen molar-refractivity contribution in [3.8, 4) is 0 Å². The fraction of sp³-hybridized carbons (Fsp3) is 0.667. The van der Waals surface area contributed by atoms with Gasteiger partial charge in [0.1, 0.15) is 25.5 Å². The molecule has 0 atom stereocenters. The lowest BCUT2D eigenvalue weighted by molar-refractivity contribution is -0.697. The topological polar surface area (TPSA) is 170 Å². The quantitative estimate of drug-likeness (QED) is 0.313. The van der Waals surface area contributed by atoms with E-state index in [-0.39, 0.29) is 13.2 Å². The summed E-state index contributed by atoms with van der Waals surface area (Å²) in [7, 11) is -10.7. The molecule has 0 radical (unpaired) electrons. The maximum atomic E-state index is 10.8. The molecule has 0 saturated heterocycles. The fourth-order valence-corrected chi connectivity index (χ4v) is 0.934. The van der Waals surface area contributed by atoms with Gasteiger partial charge in [-0.1, -0.05) is 0 Å². The monoisotopic (exact) mass is 455 g/mol. The normalized spacial score (nSPS) is 12.5. The molecular formula is C9H17F6N4O6S2+. The molecule has 0 amide bonds. The Kier molecular flexibility index (Phi) is 11.1. The second-order valence-corrected chi connectivity index (χ2v) is 7.42. The molecular weight excluding hydrogens is 438 g/mol. The van der Waals surface area contributed by atoms with Crippen LogP contribution in [0.4, 0.5) is 26.3 Å². The average molecular weight is 455 g/mol. The molecule has 27 heavy (non-hydrogen) atoms. The van der Waals surface area contributed by atoms with Gasteiger partial charge in [-0.05, 0) is 0 Å². The van der Waals surface area contributed by atoms with Crippen LogP contribution < -0.4 is 14.8 Å². The van der Waals surface area contributed by atoms with Crippen molar-refractivity contribution in [2.75, 3.05) is 13.2 Å². The number of hydrogen-bond acceptors (Lipinski definition) is 6. The Morgan fingerprint density at radius 2 is 1.26 bits per heavy atom. The number of nitrogens with two attached hydrogens (primary N) is 2. The van der Waals surface area contributed by atoms with Crippen molar-refractivity contribution >= 4 is 20.0 Å². The molecule has 0 fully saturated rings. The van der Waals surface area contributed by atoms with Gasteiger partial charge in [-0.2, -0.15) is 26.3 Å². The highest BCUT2D eigenvalue weighted by atomic mass is 32.2. The van der Waals surface area contributed by atoms with Gasteiger partial charge in [0.15, 0.2) is 0 Å². The Labute approximate surface area is 149 Å². The number of imidazole rings is 1. The number of rotatable bonds is 4. The second kappa shape index (κ2) is 10.8. The van der Waals surface area contributed by atoms with E-state index in [2.05, 4.69) is 10.3 Å². The molecule has 6 N–H and O–H groups in total. The minimum Gasteiger partial charge on any atom is -0.392 e. The number of hydrogen-bond donors (Lipinski definition) is 4. The number of aliphatic hydroxyl groups is 2. The second-order valence-electron chi connectivity index (χ2n) is 4.32. The summed E-state index contributed by atoms with van der Waals surface area (Å²) in [4.78, 5) is 0. The third-order valence-corrected chi connectivity index (χ3v) is 3.40. The molecule has 0 aliphatic heterocycles.